The van der Waals surface area contributed by atoms with Crippen molar-refractivity contribution in [2.45, 2.75) is 32.7 Å². The third kappa shape index (κ3) is 4.12. The van der Waals surface area contributed by atoms with Gasteiger partial charge in [0.15, 0.2) is 0 Å². The van der Waals surface area contributed by atoms with Gasteiger partial charge in [0, 0.05) is 54.9 Å². The molecule has 1 saturated carbocycles. The number of piperazine rings is 1. The van der Waals surface area contributed by atoms with Crippen molar-refractivity contribution >= 4 is 11.8 Å². The number of aryl methyl sites for hydroxylation is 2. The first kappa shape index (κ1) is 18.7. The molecule has 1 N–H and O–H groups in total. The van der Waals surface area contributed by atoms with Crippen molar-refractivity contribution in [1.82, 2.24) is 19.7 Å². The maximum Gasteiger partial charge on any atom is 0.253 e. The Hall–Kier alpha value is -2.60. The minimum absolute atomic E-state index is 0.0644. The van der Waals surface area contributed by atoms with Gasteiger partial charge in [-0.05, 0) is 63.1 Å². The molecule has 1 aliphatic carbocycles. The molecule has 148 valence electrons. The largest absolute Gasteiger partial charge is 0.352 e. The van der Waals surface area contributed by atoms with E-state index in [1.165, 1.54) is 11.4 Å². The lowest BCUT2D eigenvalue weighted by Gasteiger charge is -2.34. The Morgan fingerprint density at radius 3 is 2.11 bits per heavy atom. The number of benzene rings is 1. The predicted molar refractivity (Wildman–Crippen MR) is 109 cm³/mol. The van der Waals surface area contributed by atoms with Crippen LogP contribution in [0, 0.1) is 13.8 Å². The molecule has 2 aliphatic rings. The number of amides is 2. The summed E-state index contributed by atoms with van der Waals surface area (Å²) in [6.07, 6.45) is 2.21. The van der Waals surface area contributed by atoms with Gasteiger partial charge in [0.1, 0.15) is 0 Å². The molecule has 2 heterocycles. The molecule has 0 atom stereocenters. The van der Waals surface area contributed by atoms with Crippen molar-refractivity contribution in [3.8, 4) is 5.69 Å². The summed E-state index contributed by atoms with van der Waals surface area (Å²) in [6, 6.07) is 12.4. The van der Waals surface area contributed by atoms with E-state index in [-0.39, 0.29) is 11.8 Å². The molecular formula is C22H28N4O2. The Balaban J connectivity index is 1.33. The van der Waals surface area contributed by atoms with E-state index in [0.29, 0.717) is 31.2 Å². The van der Waals surface area contributed by atoms with Gasteiger partial charge in [-0.15, -0.1) is 0 Å². The van der Waals surface area contributed by atoms with Crippen LogP contribution >= 0.6 is 0 Å². The second-order valence-corrected chi connectivity index (χ2v) is 7.91. The zero-order chi connectivity index (χ0) is 19.7. The predicted octanol–water partition coefficient (Wildman–Crippen LogP) is 2.13. The zero-order valence-corrected chi connectivity index (χ0v) is 16.6. The van der Waals surface area contributed by atoms with Crippen LogP contribution in [0.3, 0.4) is 0 Å². The van der Waals surface area contributed by atoms with Gasteiger partial charge < -0.3 is 14.8 Å². The summed E-state index contributed by atoms with van der Waals surface area (Å²) < 4.78 is 2.18. The number of nitrogens with one attached hydrogen (secondary N) is 1. The second kappa shape index (κ2) is 7.80. The van der Waals surface area contributed by atoms with E-state index in [9.17, 15) is 9.59 Å². The van der Waals surface area contributed by atoms with Crippen molar-refractivity contribution < 1.29 is 9.59 Å². The first-order chi connectivity index (χ1) is 13.5. The fourth-order valence-electron chi connectivity index (χ4n) is 3.82. The van der Waals surface area contributed by atoms with Crippen LogP contribution in [0.1, 0.15) is 34.6 Å². The number of aromatic nitrogens is 1. The SMILES string of the molecule is Cc1ccc(C)n1-c1ccc(C(=O)N2CCN(CC(=O)NC3CC3)CC2)cc1. The van der Waals surface area contributed by atoms with Crippen LogP contribution in [0.15, 0.2) is 36.4 Å². The number of rotatable bonds is 5. The van der Waals surface area contributed by atoms with Crippen molar-refractivity contribution in [3.05, 3.63) is 53.3 Å². The molecule has 1 aromatic heterocycles. The minimum atomic E-state index is 0.0644. The average Bonchev–Trinajstić information content (AvgIpc) is 3.44. The summed E-state index contributed by atoms with van der Waals surface area (Å²) in [4.78, 5) is 28.8. The third-order valence-electron chi connectivity index (χ3n) is 5.61. The van der Waals surface area contributed by atoms with Crippen LogP contribution in [-0.2, 0) is 4.79 Å². The topological polar surface area (TPSA) is 57.6 Å². The molecule has 4 rings (SSSR count). The van der Waals surface area contributed by atoms with E-state index in [2.05, 4.69) is 40.8 Å². The highest BCUT2D eigenvalue weighted by Crippen LogP contribution is 2.19. The van der Waals surface area contributed by atoms with E-state index in [4.69, 9.17) is 0 Å². The van der Waals surface area contributed by atoms with Gasteiger partial charge in [-0.2, -0.15) is 0 Å². The Labute approximate surface area is 166 Å². The van der Waals surface area contributed by atoms with E-state index < -0.39 is 0 Å². The van der Waals surface area contributed by atoms with Crippen LogP contribution in [0.2, 0.25) is 0 Å². The summed E-state index contributed by atoms with van der Waals surface area (Å²) in [5.41, 5.74) is 4.14. The third-order valence-corrected chi connectivity index (χ3v) is 5.61. The van der Waals surface area contributed by atoms with Crippen molar-refractivity contribution in [3.63, 3.8) is 0 Å². The van der Waals surface area contributed by atoms with Crippen molar-refractivity contribution in [2.75, 3.05) is 32.7 Å². The van der Waals surface area contributed by atoms with Gasteiger partial charge in [-0.1, -0.05) is 0 Å². The standard InChI is InChI=1S/C22H28N4O2/c1-16-3-4-17(2)26(16)20-9-5-18(6-10-20)22(28)25-13-11-24(12-14-25)15-21(27)23-19-7-8-19/h3-6,9-10,19H,7-8,11-15H2,1-2H3,(H,23,27). The lowest BCUT2D eigenvalue weighted by molar-refractivity contribution is -0.122. The summed E-state index contributed by atoms with van der Waals surface area (Å²) in [5, 5.41) is 3.02. The Kier molecular flexibility index (Phi) is 5.22. The molecule has 0 spiro atoms. The summed E-state index contributed by atoms with van der Waals surface area (Å²) in [5.74, 6) is 0.169. The van der Waals surface area contributed by atoms with Gasteiger partial charge in [0.25, 0.3) is 5.91 Å². The molecule has 2 amide bonds. The Morgan fingerprint density at radius 2 is 1.54 bits per heavy atom. The van der Waals surface area contributed by atoms with Gasteiger partial charge in [0.2, 0.25) is 5.91 Å². The smallest absolute Gasteiger partial charge is 0.253 e. The van der Waals surface area contributed by atoms with Crippen LogP contribution in [0.5, 0.6) is 0 Å². The minimum Gasteiger partial charge on any atom is -0.352 e. The van der Waals surface area contributed by atoms with Crippen molar-refractivity contribution in [1.29, 1.82) is 0 Å². The highest BCUT2D eigenvalue weighted by molar-refractivity contribution is 5.94. The molecule has 0 radical (unpaired) electrons. The van der Waals surface area contributed by atoms with Gasteiger partial charge in [0.05, 0.1) is 6.54 Å². The molecule has 6 heteroatoms. The monoisotopic (exact) mass is 380 g/mol. The highest BCUT2D eigenvalue weighted by atomic mass is 16.2. The van der Waals surface area contributed by atoms with E-state index in [1.807, 2.05) is 29.2 Å². The first-order valence-electron chi connectivity index (χ1n) is 10.1. The Bertz CT molecular complexity index is 840. The van der Waals surface area contributed by atoms with E-state index in [1.54, 1.807) is 0 Å². The normalized spacial score (nSPS) is 17.6. The van der Waals surface area contributed by atoms with Crippen LogP contribution in [0.4, 0.5) is 0 Å². The van der Waals surface area contributed by atoms with Crippen LogP contribution in [-0.4, -0.2) is 64.9 Å². The van der Waals surface area contributed by atoms with Crippen molar-refractivity contribution in [2.24, 2.45) is 0 Å². The summed E-state index contributed by atoms with van der Waals surface area (Å²) >= 11 is 0. The molecule has 2 fully saturated rings. The highest BCUT2D eigenvalue weighted by Gasteiger charge is 2.26. The van der Waals surface area contributed by atoms with Gasteiger partial charge in [-0.3, -0.25) is 14.5 Å². The number of hydrogen-bond donors (Lipinski definition) is 1. The molecule has 28 heavy (non-hydrogen) atoms. The number of carbonyl (C=O) groups is 2. The first-order valence-corrected chi connectivity index (χ1v) is 10.1. The summed E-state index contributed by atoms with van der Waals surface area (Å²) in [6.45, 7) is 7.39. The number of hydrogen-bond acceptors (Lipinski definition) is 3. The molecular weight excluding hydrogens is 352 g/mol. The molecule has 1 aliphatic heterocycles. The average molecular weight is 380 g/mol. The lowest BCUT2D eigenvalue weighted by atomic mass is 10.1. The molecule has 2 aromatic rings. The lowest BCUT2D eigenvalue weighted by Crippen LogP contribution is -2.51. The van der Waals surface area contributed by atoms with E-state index >= 15 is 0 Å². The fraction of sp³-hybridized carbons (Fsp3) is 0.455. The van der Waals surface area contributed by atoms with Gasteiger partial charge >= 0.3 is 0 Å². The number of carbonyl (C=O) groups excluding carboxylic acids is 2. The van der Waals surface area contributed by atoms with E-state index in [0.717, 1.165) is 31.6 Å². The molecule has 0 bridgehead atoms. The zero-order valence-electron chi connectivity index (χ0n) is 16.6. The molecule has 1 saturated heterocycles. The van der Waals surface area contributed by atoms with Gasteiger partial charge in [-0.25, -0.2) is 0 Å². The molecule has 6 nitrogen and oxygen atoms in total. The quantitative estimate of drug-likeness (QED) is 0.865. The van der Waals surface area contributed by atoms with Crippen LogP contribution in [0.25, 0.3) is 5.69 Å². The Morgan fingerprint density at radius 1 is 0.929 bits per heavy atom. The second-order valence-electron chi connectivity index (χ2n) is 7.91. The molecule has 1 aromatic carbocycles. The summed E-state index contributed by atoms with van der Waals surface area (Å²) in [7, 11) is 0. The fourth-order valence-corrected chi connectivity index (χ4v) is 3.82. The maximum atomic E-state index is 12.8. The maximum absolute atomic E-state index is 12.8. The van der Waals surface area contributed by atoms with Crippen LogP contribution < -0.4 is 5.32 Å². The molecule has 0 unspecified atom stereocenters. The number of nitrogens with zero attached hydrogens (tertiary/aromatic N) is 3.